The summed E-state index contributed by atoms with van der Waals surface area (Å²) in [5.74, 6) is -0.106. The van der Waals surface area contributed by atoms with Crippen molar-refractivity contribution >= 4 is 16.9 Å². The Labute approximate surface area is 131 Å². The Morgan fingerprint density at radius 2 is 2.09 bits per heavy atom. The van der Waals surface area contributed by atoms with Crippen molar-refractivity contribution in [2.45, 2.75) is 37.9 Å². The van der Waals surface area contributed by atoms with Gasteiger partial charge in [-0.15, -0.1) is 0 Å². The van der Waals surface area contributed by atoms with Gasteiger partial charge in [-0.1, -0.05) is 0 Å². The molecule has 0 aromatic carbocycles. The quantitative estimate of drug-likeness (QED) is 0.793. The number of hydrogen-bond acceptors (Lipinski definition) is 5. The fraction of sp³-hybridized carbons (Fsp3) is 0.643. The molecule has 1 aromatic rings. The zero-order chi connectivity index (χ0) is 16.3. The van der Waals surface area contributed by atoms with E-state index in [2.05, 4.69) is 9.97 Å². The summed E-state index contributed by atoms with van der Waals surface area (Å²) in [6.07, 6.45) is 2.41. The molecule has 1 fully saturated rings. The summed E-state index contributed by atoms with van der Waals surface area (Å²) < 4.78 is 30.2. The maximum atomic E-state index is 12.7. The van der Waals surface area contributed by atoms with E-state index in [4.69, 9.17) is 4.74 Å². The van der Waals surface area contributed by atoms with Gasteiger partial charge in [0.05, 0.1) is 23.2 Å². The number of amides is 1. The summed E-state index contributed by atoms with van der Waals surface area (Å²) in [7, 11) is -1.40. The van der Waals surface area contributed by atoms with Gasteiger partial charge in [-0.25, -0.2) is 19.2 Å². The average Bonchev–Trinajstić information content (AvgIpc) is 2.86. The molecule has 8 heteroatoms. The van der Waals surface area contributed by atoms with Crippen molar-refractivity contribution < 1.29 is 18.1 Å². The molecule has 122 valence electrons. The van der Waals surface area contributed by atoms with Crippen LogP contribution in [0, 0.1) is 11.7 Å². The van der Waals surface area contributed by atoms with Gasteiger partial charge >= 0.3 is 6.09 Å². The summed E-state index contributed by atoms with van der Waals surface area (Å²) in [5, 5.41) is 0.122. The van der Waals surface area contributed by atoms with Gasteiger partial charge in [0, 0.05) is 18.8 Å². The zero-order valence-corrected chi connectivity index (χ0v) is 13.7. The van der Waals surface area contributed by atoms with Crippen LogP contribution >= 0.6 is 0 Å². The number of aromatic nitrogens is 2. The molecule has 0 N–H and O–H groups in total. The third kappa shape index (κ3) is 4.72. The molecule has 2 atom stereocenters. The fourth-order valence-corrected chi connectivity index (χ4v) is 3.36. The molecule has 1 aliphatic heterocycles. The first-order valence-electron chi connectivity index (χ1n) is 7.08. The SMILES string of the molecule is CC(C)(C)OC(=O)N1CC[C@H](C[S@@](=O)c2ncc(F)cn2)C1. The molecular weight excluding hydrogens is 309 g/mol. The number of nitrogens with zero attached hydrogens (tertiary/aromatic N) is 3. The summed E-state index contributed by atoms with van der Waals surface area (Å²) in [5.41, 5.74) is -0.528. The third-order valence-electron chi connectivity index (χ3n) is 3.12. The molecule has 2 rings (SSSR count). The number of halogens is 1. The van der Waals surface area contributed by atoms with Crippen molar-refractivity contribution in [3.63, 3.8) is 0 Å². The van der Waals surface area contributed by atoms with Gasteiger partial charge < -0.3 is 9.64 Å². The second kappa shape index (κ2) is 6.68. The highest BCUT2D eigenvalue weighted by molar-refractivity contribution is 7.84. The second-order valence-electron chi connectivity index (χ2n) is 6.28. The first-order valence-corrected chi connectivity index (χ1v) is 8.40. The number of rotatable bonds is 3. The van der Waals surface area contributed by atoms with E-state index in [9.17, 15) is 13.4 Å². The van der Waals surface area contributed by atoms with E-state index in [-0.39, 0.29) is 17.2 Å². The Morgan fingerprint density at radius 1 is 1.45 bits per heavy atom. The van der Waals surface area contributed by atoms with E-state index >= 15 is 0 Å². The van der Waals surface area contributed by atoms with E-state index in [1.165, 1.54) is 0 Å². The van der Waals surface area contributed by atoms with E-state index in [1.54, 1.807) is 4.90 Å². The largest absolute Gasteiger partial charge is 0.444 e. The van der Waals surface area contributed by atoms with Gasteiger partial charge in [0.2, 0.25) is 5.16 Å². The molecule has 0 aliphatic carbocycles. The van der Waals surface area contributed by atoms with Crippen LogP contribution in [0.1, 0.15) is 27.2 Å². The molecule has 0 bridgehead atoms. The maximum Gasteiger partial charge on any atom is 0.410 e. The van der Waals surface area contributed by atoms with E-state index in [1.807, 2.05) is 20.8 Å². The maximum absolute atomic E-state index is 12.7. The van der Waals surface area contributed by atoms with Gasteiger partial charge in [-0.05, 0) is 33.1 Å². The van der Waals surface area contributed by atoms with Crippen LogP contribution in [0.5, 0.6) is 0 Å². The monoisotopic (exact) mass is 329 g/mol. The van der Waals surface area contributed by atoms with Crippen LogP contribution in [0.3, 0.4) is 0 Å². The standard InChI is InChI=1S/C14H20FN3O3S/c1-14(2,3)21-13(19)18-5-4-10(8-18)9-22(20)12-16-6-11(15)7-17-12/h6-7,10H,4-5,8-9H2,1-3H3/t10-,22+/m0/s1. The first-order chi connectivity index (χ1) is 10.2. The molecule has 1 aliphatic rings. The summed E-state index contributed by atoms with van der Waals surface area (Å²) in [4.78, 5) is 21.0. The number of carbonyl (C=O) groups excluding carboxylic acids is 1. The van der Waals surface area contributed by atoms with Crippen LogP contribution in [0.25, 0.3) is 0 Å². The lowest BCUT2D eigenvalue weighted by molar-refractivity contribution is 0.0289. The number of ether oxygens (including phenoxy) is 1. The molecule has 1 aromatic heterocycles. The number of carbonyl (C=O) groups is 1. The molecule has 1 saturated heterocycles. The predicted octanol–water partition coefficient (Wildman–Crippen LogP) is 1.98. The van der Waals surface area contributed by atoms with Crippen LogP contribution in [0.4, 0.5) is 9.18 Å². The van der Waals surface area contributed by atoms with Crippen molar-refractivity contribution in [1.29, 1.82) is 0 Å². The highest BCUT2D eigenvalue weighted by atomic mass is 32.2. The lowest BCUT2D eigenvalue weighted by Crippen LogP contribution is -2.35. The van der Waals surface area contributed by atoms with Crippen molar-refractivity contribution in [3.8, 4) is 0 Å². The second-order valence-corrected chi connectivity index (χ2v) is 7.67. The Bertz CT molecular complexity index is 559. The first kappa shape index (κ1) is 16.8. The average molecular weight is 329 g/mol. The van der Waals surface area contributed by atoms with Crippen LogP contribution in [-0.2, 0) is 15.5 Å². The molecule has 22 heavy (non-hydrogen) atoms. The number of likely N-dealkylation sites (tertiary alicyclic amines) is 1. The van der Waals surface area contributed by atoms with Crippen LogP contribution < -0.4 is 0 Å². The Morgan fingerprint density at radius 3 is 2.68 bits per heavy atom. The normalized spacial score (nSPS) is 20.0. The lowest BCUT2D eigenvalue weighted by Gasteiger charge is -2.24. The lowest BCUT2D eigenvalue weighted by atomic mass is 10.2. The Hall–Kier alpha value is -1.57. The minimum Gasteiger partial charge on any atom is -0.444 e. The zero-order valence-electron chi connectivity index (χ0n) is 12.9. The molecular formula is C14H20FN3O3S. The van der Waals surface area contributed by atoms with Gasteiger partial charge in [-0.2, -0.15) is 0 Å². The summed E-state index contributed by atoms with van der Waals surface area (Å²) >= 11 is 0. The minimum atomic E-state index is -1.40. The third-order valence-corrected chi connectivity index (χ3v) is 4.52. The van der Waals surface area contributed by atoms with Crippen molar-refractivity contribution in [2.75, 3.05) is 18.8 Å². The van der Waals surface area contributed by atoms with Crippen LogP contribution in [0.15, 0.2) is 17.6 Å². The molecule has 0 saturated carbocycles. The van der Waals surface area contributed by atoms with E-state index in [0.717, 1.165) is 18.8 Å². The molecule has 0 unspecified atom stereocenters. The van der Waals surface area contributed by atoms with Crippen molar-refractivity contribution in [2.24, 2.45) is 5.92 Å². The Balaban J connectivity index is 1.87. The highest BCUT2D eigenvalue weighted by Gasteiger charge is 2.31. The number of hydrogen-bond donors (Lipinski definition) is 0. The fourth-order valence-electron chi connectivity index (χ4n) is 2.17. The van der Waals surface area contributed by atoms with Gasteiger partial charge in [-0.3, -0.25) is 4.21 Å². The predicted molar refractivity (Wildman–Crippen MR) is 79.2 cm³/mol. The van der Waals surface area contributed by atoms with E-state index in [0.29, 0.717) is 18.8 Å². The van der Waals surface area contributed by atoms with Crippen molar-refractivity contribution in [1.82, 2.24) is 14.9 Å². The molecule has 6 nitrogen and oxygen atoms in total. The summed E-state index contributed by atoms with van der Waals surface area (Å²) in [6.45, 7) is 6.54. The molecule has 0 spiro atoms. The van der Waals surface area contributed by atoms with Gasteiger partial charge in [0.1, 0.15) is 5.60 Å². The van der Waals surface area contributed by atoms with Gasteiger partial charge in [0.15, 0.2) is 5.82 Å². The molecule has 1 amide bonds. The van der Waals surface area contributed by atoms with Gasteiger partial charge in [0.25, 0.3) is 0 Å². The minimum absolute atomic E-state index is 0.0991. The highest BCUT2D eigenvalue weighted by Crippen LogP contribution is 2.21. The summed E-state index contributed by atoms with van der Waals surface area (Å²) in [6, 6.07) is 0. The smallest absolute Gasteiger partial charge is 0.410 e. The molecule has 0 radical (unpaired) electrons. The topological polar surface area (TPSA) is 72.4 Å². The Kier molecular flexibility index (Phi) is 5.10. The van der Waals surface area contributed by atoms with E-state index < -0.39 is 22.2 Å². The molecule has 2 heterocycles. The van der Waals surface area contributed by atoms with Crippen LogP contribution in [0.2, 0.25) is 0 Å². The van der Waals surface area contributed by atoms with Crippen molar-refractivity contribution in [3.05, 3.63) is 18.2 Å². The van der Waals surface area contributed by atoms with Crippen LogP contribution in [-0.4, -0.2) is 49.6 Å².